The normalized spacial score (nSPS) is 14.7. The molecule has 0 unspecified atom stereocenters. The lowest BCUT2D eigenvalue weighted by atomic mass is 10.3. The minimum absolute atomic E-state index is 0.0925. The van der Waals surface area contributed by atoms with Gasteiger partial charge in [-0.1, -0.05) is 0 Å². The highest BCUT2D eigenvalue weighted by atomic mass is 16.2. The van der Waals surface area contributed by atoms with Crippen LogP contribution in [-0.4, -0.2) is 47.3 Å². The van der Waals surface area contributed by atoms with E-state index in [0.29, 0.717) is 19.0 Å². The fourth-order valence-electron chi connectivity index (χ4n) is 1.93. The smallest absolute Gasteiger partial charge is 0.224 e. The van der Waals surface area contributed by atoms with Crippen LogP contribution in [0.3, 0.4) is 0 Å². The van der Waals surface area contributed by atoms with Gasteiger partial charge in [0.2, 0.25) is 11.8 Å². The fourth-order valence-corrected chi connectivity index (χ4v) is 1.93. The third-order valence-electron chi connectivity index (χ3n) is 3.07. The second kappa shape index (κ2) is 5.87. The van der Waals surface area contributed by atoms with Crippen molar-refractivity contribution in [3.05, 3.63) is 0 Å². The van der Waals surface area contributed by atoms with E-state index in [1.54, 1.807) is 6.92 Å². The Morgan fingerprint density at radius 2 is 1.75 bits per heavy atom. The van der Waals surface area contributed by atoms with Gasteiger partial charge in [0.15, 0.2) is 0 Å². The van der Waals surface area contributed by atoms with E-state index >= 15 is 0 Å². The Hall–Kier alpha value is -1.06. The first-order valence-corrected chi connectivity index (χ1v) is 6.15. The second-order valence-electron chi connectivity index (χ2n) is 4.26. The molecule has 0 saturated heterocycles. The molecule has 0 bridgehead atoms. The summed E-state index contributed by atoms with van der Waals surface area (Å²) in [6.07, 6.45) is 2.65. The lowest BCUT2D eigenvalue weighted by Crippen LogP contribution is -2.37. The van der Waals surface area contributed by atoms with Gasteiger partial charge in [-0.15, -0.1) is 0 Å². The molecule has 0 aromatic carbocycles. The first-order chi connectivity index (χ1) is 7.60. The molecule has 1 aliphatic rings. The average molecular weight is 226 g/mol. The molecule has 0 spiro atoms. The molecular weight excluding hydrogens is 204 g/mol. The van der Waals surface area contributed by atoms with Crippen LogP contribution in [0.1, 0.15) is 40.0 Å². The zero-order valence-electron chi connectivity index (χ0n) is 10.5. The highest BCUT2D eigenvalue weighted by Gasteiger charge is 2.30. The first kappa shape index (κ1) is 13.0. The summed E-state index contributed by atoms with van der Waals surface area (Å²) in [5.41, 5.74) is 0. The topological polar surface area (TPSA) is 40.6 Å². The van der Waals surface area contributed by atoms with Gasteiger partial charge in [0.05, 0.1) is 0 Å². The van der Waals surface area contributed by atoms with Gasteiger partial charge in [-0.25, -0.2) is 0 Å². The number of amides is 2. The molecule has 0 radical (unpaired) electrons. The summed E-state index contributed by atoms with van der Waals surface area (Å²) in [5, 5.41) is 0. The average Bonchev–Trinajstić information content (AvgIpc) is 3.03. The third-order valence-corrected chi connectivity index (χ3v) is 3.07. The summed E-state index contributed by atoms with van der Waals surface area (Å²) in [5.74, 6) is 0.242. The summed E-state index contributed by atoms with van der Waals surface area (Å²) >= 11 is 0. The molecule has 16 heavy (non-hydrogen) atoms. The molecule has 92 valence electrons. The molecule has 0 aromatic rings. The molecule has 2 amide bonds. The number of carbonyl (C=O) groups is 2. The van der Waals surface area contributed by atoms with Crippen LogP contribution in [-0.2, 0) is 9.59 Å². The number of nitrogens with zero attached hydrogens (tertiary/aromatic N) is 2. The molecule has 1 rings (SSSR count). The van der Waals surface area contributed by atoms with Gasteiger partial charge >= 0.3 is 0 Å². The van der Waals surface area contributed by atoms with Crippen LogP contribution in [0.4, 0.5) is 0 Å². The van der Waals surface area contributed by atoms with Crippen LogP contribution in [0.5, 0.6) is 0 Å². The highest BCUT2D eigenvalue weighted by molar-refractivity contribution is 5.78. The maximum Gasteiger partial charge on any atom is 0.224 e. The van der Waals surface area contributed by atoms with Crippen LogP contribution in [0.25, 0.3) is 0 Å². The summed E-state index contributed by atoms with van der Waals surface area (Å²) in [7, 11) is 0. The van der Waals surface area contributed by atoms with Gasteiger partial charge in [0.1, 0.15) is 0 Å². The van der Waals surface area contributed by atoms with E-state index in [4.69, 9.17) is 0 Å². The Labute approximate surface area is 97.6 Å². The van der Waals surface area contributed by atoms with E-state index < -0.39 is 0 Å². The molecule has 0 heterocycles. The van der Waals surface area contributed by atoms with Crippen molar-refractivity contribution in [3.63, 3.8) is 0 Å². The standard InChI is InChI=1S/C12H22N2O2/c1-4-13(5-2)12(16)8-9-14(10(3)15)11-6-7-11/h11H,4-9H2,1-3H3. The maximum atomic E-state index is 11.8. The van der Waals surface area contributed by atoms with Gasteiger partial charge < -0.3 is 9.80 Å². The Morgan fingerprint density at radius 1 is 1.19 bits per heavy atom. The predicted octanol–water partition coefficient (Wildman–Crippen LogP) is 1.26. The van der Waals surface area contributed by atoms with Crippen LogP contribution in [0.15, 0.2) is 0 Å². The van der Waals surface area contributed by atoms with Crippen LogP contribution in [0.2, 0.25) is 0 Å². The molecule has 1 saturated carbocycles. The monoisotopic (exact) mass is 226 g/mol. The zero-order chi connectivity index (χ0) is 12.1. The van der Waals surface area contributed by atoms with Crippen molar-refractivity contribution in [3.8, 4) is 0 Å². The number of hydrogen-bond donors (Lipinski definition) is 0. The molecule has 0 atom stereocenters. The quantitative estimate of drug-likeness (QED) is 0.684. The molecule has 1 fully saturated rings. The Balaban J connectivity index is 2.36. The SMILES string of the molecule is CCN(CC)C(=O)CCN(C(C)=O)C1CC1. The molecule has 0 aliphatic heterocycles. The van der Waals surface area contributed by atoms with Gasteiger partial charge in [0.25, 0.3) is 0 Å². The molecule has 4 nitrogen and oxygen atoms in total. The van der Waals surface area contributed by atoms with E-state index in [9.17, 15) is 9.59 Å². The van der Waals surface area contributed by atoms with Gasteiger partial charge in [-0.05, 0) is 26.7 Å². The molecule has 4 heteroatoms. The molecule has 1 aliphatic carbocycles. The molecule has 0 N–H and O–H groups in total. The summed E-state index contributed by atoms with van der Waals surface area (Å²) < 4.78 is 0. The maximum absolute atomic E-state index is 11.8. The highest BCUT2D eigenvalue weighted by Crippen LogP contribution is 2.26. The van der Waals surface area contributed by atoms with Gasteiger partial charge in [0, 0.05) is 39.0 Å². The fraction of sp³-hybridized carbons (Fsp3) is 0.833. The van der Waals surface area contributed by atoms with E-state index in [2.05, 4.69) is 0 Å². The van der Waals surface area contributed by atoms with Crippen LogP contribution in [0, 0.1) is 0 Å². The van der Waals surface area contributed by atoms with Crippen molar-refractivity contribution in [2.45, 2.75) is 46.1 Å². The summed E-state index contributed by atoms with van der Waals surface area (Å²) in [6, 6.07) is 0.405. The second-order valence-corrected chi connectivity index (χ2v) is 4.26. The first-order valence-electron chi connectivity index (χ1n) is 6.15. The number of rotatable bonds is 6. The van der Waals surface area contributed by atoms with E-state index in [-0.39, 0.29) is 11.8 Å². The lowest BCUT2D eigenvalue weighted by Gasteiger charge is -2.23. The zero-order valence-corrected chi connectivity index (χ0v) is 10.5. The summed E-state index contributed by atoms with van der Waals surface area (Å²) in [6.45, 7) is 7.61. The van der Waals surface area contributed by atoms with Crippen molar-refractivity contribution >= 4 is 11.8 Å². The minimum atomic E-state index is 0.0925. The van der Waals surface area contributed by atoms with E-state index in [0.717, 1.165) is 25.9 Å². The van der Waals surface area contributed by atoms with Crippen molar-refractivity contribution in [2.75, 3.05) is 19.6 Å². The van der Waals surface area contributed by atoms with E-state index in [1.807, 2.05) is 23.6 Å². The summed E-state index contributed by atoms with van der Waals surface area (Å²) in [4.78, 5) is 26.8. The van der Waals surface area contributed by atoms with Crippen molar-refractivity contribution in [1.82, 2.24) is 9.80 Å². The molecular formula is C12H22N2O2. The molecule has 0 aromatic heterocycles. The number of carbonyl (C=O) groups excluding carboxylic acids is 2. The van der Waals surface area contributed by atoms with Crippen LogP contribution >= 0.6 is 0 Å². The largest absolute Gasteiger partial charge is 0.343 e. The van der Waals surface area contributed by atoms with Crippen molar-refractivity contribution < 1.29 is 9.59 Å². The predicted molar refractivity (Wildman–Crippen MR) is 63.0 cm³/mol. The van der Waals surface area contributed by atoms with Crippen molar-refractivity contribution in [2.24, 2.45) is 0 Å². The number of hydrogen-bond acceptors (Lipinski definition) is 2. The van der Waals surface area contributed by atoms with Crippen LogP contribution < -0.4 is 0 Å². The van der Waals surface area contributed by atoms with Gasteiger partial charge in [-0.2, -0.15) is 0 Å². The third kappa shape index (κ3) is 3.51. The Bertz CT molecular complexity index is 258. The Kier molecular flexibility index (Phi) is 4.77. The van der Waals surface area contributed by atoms with Crippen molar-refractivity contribution in [1.29, 1.82) is 0 Å². The van der Waals surface area contributed by atoms with Gasteiger partial charge in [-0.3, -0.25) is 9.59 Å². The minimum Gasteiger partial charge on any atom is -0.343 e. The van der Waals surface area contributed by atoms with E-state index in [1.165, 1.54) is 0 Å². The lowest BCUT2D eigenvalue weighted by molar-refractivity contribution is -0.133. The Morgan fingerprint density at radius 3 is 2.12 bits per heavy atom.